The normalized spacial score (nSPS) is 24.4. The maximum atomic E-state index is 14.5. The molecule has 0 spiro atoms. The molecule has 1 N–H and O–H groups in total. The van der Waals surface area contributed by atoms with Gasteiger partial charge in [0.1, 0.15) is 12.1 Å². The molecule has 6 rings (SSSR count). The van der Waals surface area contributed by atoms with Gasteiger partial charge in [-0.3, -0.25) is 29.0 Å². The number of amides is 4. The maximum absolute atomic E-state index is 14.5. The molecule has 4 aliphatic rings. The molecule has 4 atom stereocenters. The molecule has 9 heteroatoms. The lowest BCUT2D eigenvalue weighted by Gasteiger charge is -2.33. The number of allylic oxidation sites excluding steroid dienone is 1. The Labute approximate surface area is 289 Å². The van der Waals surface area contributed by atoms with E-state index in [1.165, 1.54) is 4.90 Å². The molecule has 0 bridgehead atoms. The molecule has 4 fully saturated rings. The standard InChI is InChI=1S/C40H49N3O6/c1-5-29-22-40(29,37(47)41-24-26-15-16-26)23-34(44)33-25-42(30-19-17-28(18-20-30)27-11-7-6-8-12-27)38(48)43(33)36(46)32(39(2,3)4)21-35(45)49-31-13-9-10-14-31/h5-8,11-12,17-20,26,29,31-33H,1,9-10,13-16,21-25H2,2-4H3,(H,41,47)/t29-,32-,33+,40-/m1/s1. The molecule has 260 valence electrons. The zero-order valence-electron chi connectivity index (χ0n) is 29.0. The van der Waals surface area contributed by atoms with Gasteiger partial charge in [0, 0.05) is 18.7 Å². The van der Waals surface area contributed by atoms with Gasteiger partial charge in [-0.15, -0.1) is 6.58 Å². The monoisotopic (exact) mass is 667 g/mol. The molecular weight excluding hydrogens is 618 g/mol. The van der Waals surface area contributed by atoms with Crippen molar-refractivity contribution in [2.75, 3.05) is 18.0 Å². The van der Waals surface area contributed by atoms with Crippen LogP contribution in [0.5, 0.6) is 0 Å². The number of nitrogens with zero attached hydrogens (tertiary/aromatic N) is 2. The van der Waals surface area contributed by atoms with Crippen molar-refractivity contribution in [3.8, 4) is 11.1 Å². The van der Waals surface area contributed by atoms with Crippen molar-refractivity contribution < 1.29 is 28.7 Å². The van der Waals surface area contributed by atoms with Gasteiger partial charge in [-0.2, -0.15) is 0 Å². The van der Waals surface area contributed by atoms with E-state index >= 15 is 0 Å². The lowest BCUT2D eigenvalue weighted by Crippen LogP contribution is -2.50. The zero-order chi connectivity index (χ0) is 34.9. The van der Waals surface area contributed by atoms with E-state index in [-0.39, 0.29) is 43.1 Å². The van der Waals surface area contributed by atoms with Crippen LogP contribution in [0.15, 0.2) is 67.3 Å². The van der Waals surface area contributed by atoms with Gasteiger partial charge in [0.05, 0.1) is 24.3 Å². The summed E-state index contributed by atoms with van der Waals surface area (Å²) in [6.45, 7) is 10.0. The molecule has 2 aromatic carbocycles. The van der Waals surface area contributed by atoms with Crippen molar-refractivity contribution >= 4 is 35.3 Å². The Morgan fingerprint density at radius 2 is 1.63 bits per heavy atom. The summed E-state index contributed by atoms with van der Waals surface area (Å²) in [5.74, 6) is -2.15. The number of nitrogens with one attached hydrogen (secondary N) is 1. The summed E-state index contributed by atoms with van der Waals surface area (Å²) in [6.07, 6.45) is 7.55. The third-order valence-electron chi connectivity index (χ3n) is 10.9. The second-order valence-electron chi connectivity index (χ2n) is 15.5. The van der Waals surface area contributed by atoms with E-state index in [1.807, 2.05) is 75.4 Å². The summed E-state index contributed by atoms with van der Waals surface area (Å²) in [5.41, 5.74) is 0.894. The fraction of sp³-hybridized carbons (Fsp3) is 0.525. The highest BCUT2D eigenvalue weighted by Gasteiger charge is 2.61. The number of Topliss-reactive ketones (excluding diaryl/α,β-unsaturated/α-hetero) is 1. The largest absolute Gasteiger partial charge is 0.462 e. The molecule has 0 radical (unpaired) electrons. The Morgan fingerprint density at radius 3 is 2.22 bits per heavy atom. The number of benzene rings is 2. The molecule has 4 amide bonds. The number of carbonyl (C=O) groups is 5. The Hall–Kier alpha value is -4.27. The van der Waals surface area contributed by atoms with Crippen LogP contribution in [0.3, 0.4) is 0 Å². The third kappa shape index (κ3) is 7.51. The van der Waals surface area contributed by atoms with Crippen molar-refractivity contribution in [3.05, 3.63) is 67.3 Å². The van der Waals surface area contributed by atoms with Crippen molar-refractivity contribution in [2.45, 2.75) is 90.7 Å². The topological polar surface area (TPSA) is 113 Å². The molecule has 1 saturated heterocycles. The summed E-state index contributed by atoms with van der Waals surface area (Å²) in [5, 5.41) is 3.04. The van der Waals surface area contributed by atoms with E-state index in [2.05, 4.69) is 11.9 Å². The first kappa shape index (κ1) is 34.6. The lowest BCUT2D eigenvalue weighted by molar-refractivity contribution is -0.155. The van der Waals surface area contributed by atoms with Gasteiger partial charge in [0.25, 0.3) is 0 Å². The van der Waals surface area contributed by atoms with E-state index < -0.39 is 40.7 Å². The summed E-state index contributed by atoms with van der Waals surface area (Å²) in [4.78, 5) is 72.3. The van der Waals surface area contributed by atoms with Gasteiger partial charge >= 0.3 is 12.0 Å². The molecule has 1 heterocycles. The number of ketones is 1. The van der Waals surface area contributed by atoms with E-state index in [4.69, 9.17) is 4.74 Å². The number of ether oxygens (including phenoxy) is 1. The van der Waals surface area contributed by atoms with Gasteiger partial charge in [-0.05, 0) is 85.5 Å². The Morgan fingerprint density at radius 1 is 0.980 bits per heavy atom. The summed E-state index contributed by atoms with van der Waals surface area (Å²) >= 11 is 0. The SMILES string of the molecule is C=C[C@@H]1C[C@]1(CC(=O)[C@@H]1CN(c2ccc(-c3ccccc3)cc2)C(=O)N1C(=O)[C@@H](CC(=O)OC1CCCC1)C(C)(C)C)C(=O)NCC1CC1. The van der Waals surface area contributed by atoms with E-state index in [0.717, 1.165) is 54.6 Å². The van der Waals surface area contributed by atoms with Crippen LogP contribution in [0.1, 0.15) is 78.6 Å². The third-order valence-corrected chi connectivity index (χ3v) is 10.9. The summed E-state index contributed by atoms with van der Waals surface area (Å²) in [7, 11) is 0. The van der Waals surface area contributed by atoms with E-state index in [1.54, 1.807) is 6.08 Å². The Kier molecular flexibility index (Phi) is 9.83. The molecule has 2 aromatic rings. The quantitative estimate of drug-likeness (QED) is 0.188. The number of carbonyl (C=O) groups excluding carboxylic acids is 5. The first-order valence-corrected chi connectivity index (χ1v) is 17.8. The number of hydrogen-bond donors (Lipinski definition) is 1. The highest BCUT2D eigenvalue weighted by Crippen LogP contribution is 2.57. The van der Waals surface area contributed by atoms with Gasteiger partial charge in [-0.25, -0.2) is 4.79 Å². The summed E-state index contributed by atoms with van der Waals surface area (Å²) in [6, 6.07) is 15.6. The second-order valence-corrected chi connectivity index (χ2v) is 15.5. The highest BCUT2D eigenvalue weighted by molar-refractivity contribution is 6.11. The van der Waals surface area contributed by atoms with Crippen molar-refractivity contribution in [1.29, 1.82) is 0 Å². The number of urea groups is 1. The van der Waals surface area contributed by atoms with E-state index in [0.29, 0.717) is 24.6 Å². The zero-order valence-corrected chi connectivity index (χ0v) is 29.0. The minimum Gasteiger partial charge on any atom is -0.462 e. The van der Waals surface area contributed by atoms with Crippen molar-refractivity contribution in [2.24, 2.45) is 28.6 Å². The van der Waals surface area contributed by atoms with Crippen LogP contribution in [0.2, 0.25) is 0 Å². The number of imide groups is 1. The Balaban J connectivity index is 1.28. The van der Waals surface area contributed by atoms with Gasteiger partial charge in [-0.1, -0.05) is 69.3 Å². The average Bonchev–Trinajstić information content (AvgIpc) is 3.96. The minimum absolute atomic E-state index is 0.0456. The summed E-state index contributed by atoms with van der Waals surface area (Å²) < 4.78 is 5.73. The lowest BCUT2D eigenvalue weighted by atomic mass is 9.77. The first-order chi connectivity index (χ1) is 23.4. The average molecular weight is 668 g/mol. The molecule has 0 unspecified atom stereocenters. The maximum Gasteiger partial charge on any atom is 0.332 e. The number of hydrogen-bond acceptors (Lipinski definition) is 6. The van der Waals surface area contributed by atoms with E-state index in [9.17, 15) is 24.0 Å². The number of rotatable bonds is 13. The smallest absolute Gasteiger partial charge is 0.332 e. The van der Waals surface area contributed by atoms with Gasteiger partial charge < -0.3 is 10.1 Å². The first-order valence-electron chi connectivity index (χ1n) is 17.8. The van der Waals surface area contributed by atoms with Crippen LogP contribution < -0.4 is 10.2 Å². The van der Waals surface area contributed by atoms with Gasteiger partial charge in [0.2, 0.25) is 11.8 Å². The fourth-order valence-corrected chi connectivity index (χ4v) is 7.46. The van der Waals surface area contributed by atoms with Crippen LogP contribution in [0.25, 0.3) is 11.1 Å². The predicted molar refractivity (Wildman–Crippen MR) is 187 cm³/mol. The fourth-order valence-electron chi connectivity index (χ4n) is 7.46. The van der Waals surface area contributed by atoms with Crippen LogP contribution in [0.4, 0.5) is 10.5 Å². The molecule has 1 aliphatic heterocycles. The van der Waals surface area contributed by atoms with Crippen LogP contribution in [-0.4, -0.2) is 59.7 Å². The van der Waals surface area contributed by atoms with Crippen molar-refractivity contribution in [3.63, 3.8) is 0 Å². The molecule has 0 aromatic heterocycles. The van der Waals surface area contributed by atoms with Crippen LogP contribution in [0, 0.1) is 28.6 Å². The highest BCUT2D eigenvalue weighted by atomic mass is 16.5. The predicted octanol–water partition coefficient (Wildman–Crippen LogP) is 6.71. The second kappa shape index (κ2) is 13.9. The number of esters is 1. The number of anilines is 1. The molecule has 49 heavy (non-hydrogen) atoms. The van der Waals surface area contributed by atoms with Crippen LogP contribution in [-0.2, 0) is 23.9 Å². The molecule has 3 aliphatic carbocycles. The molecule has 3 saturated carbocycles. The Bertz CT molecular complexity index is 1590. The molecular formula is C40H49N3O6. The van der Waals surface area contributed by atoms with Gasteiger partial charge in [0.15, 0.2) is 5.78 Å². The minimum atomic E-state index is -1.12. The van der Waals surface area contributed by atoms with Crippen molar-refractivity contribution in [1.82, 2.24) is 10.2 Å². The van der Waals surface area contributed by atoms with Crippen LogP contribution >= 0.6 is 0 Å². The molecule has 9 nitrogen and oxygen atoms in total.